The van der Waals surface area contributed by atoms with Gasteiger partial charge in [0, 0.05) is 5.56 Å². The maximum absolute atomic E-state index is 12.7. The molecule has 0 saturated heterocycles. The summed E-state index contributed by atoms with van der Waals surface area (Å²) >= 11 is 0. The quantitative estimate of drug-likeness (QED) is 0.695. The van der Waals surface area contributed by atoms with Crippen molar-refractivity contribution in [1.29, 1.82) is 0 Å². The Kier molecular flexibility index (Phi) is 2.69. The normalized spacial score (nSPS) is 11.3. The molecule has 0 aliphatic rings. The van der Waals surface area contributed by atoms with Crippen LogP contribution in [0.5, 0.6) is 0 Å². The van der Waals surface area contributed by atoms with Crippen LogP contribution in [0.1, 0.15) is 5.56 Å². The summed E-state index contributed by atoms with van der Waals surface area (Å²) in [7, 11) is -2.28. The molecule has 1 N–H and O–H groups in total. The van der Waals surface area contributed by atoms with Gasteiger partial charge < -0.3 is 0 Å². The number of benzene rings is 1. The first-order valence-corrected chi connectivity index (χ1v) is 4.47. The average molecular weight is 173 g/mol. The zero-order valence-electron chi connectivity index (χ0n) is 5.70. The summed E-state index contributed by atoms with van der Waals surface area (Å²) in [5.41, 5.74) is 0.288. The van der Waals surface area contributed by atoms with Gasteiger partial charge in [-0.3, -0.25) is 0 Å². The van der Waals surface area contributed by atoms with Gasteiger partial charge in [-0.2, -0.15) is 4.89 Å². The van der Waals surface area contributed by atoms with Crippen molar-refractivity contribution in [3.8, 4) is 0 Å². The molecule has 0 radical (unpaired) electrons. The smallest absolute Gasteiger partial charge is 0.207 e. The van der Waals surface area contributed by atoms with Gasteiger partial charge in [0.1, 0.15) is 5.82 Å². The molecule has 1 unspecified atom stereocenters. The van der Waals surface area contributed by atoms with E-state index >= 15 is 0 Å². The molecular weight excluding hydrogens is 166 g/mol. The van der Waals surface area contributed by atoms with Gasteiger partial charge >= 0.3 is 8.03 Å². The molecule has 0 amide bonds. The second-order valence-electron chi connectivity index (χ2n) is 2.10. The zero-order chi connectivity index (χ0) is 8.27. The Hall–Kier alpha value is -0.790. The van der Waals surface area contributed by atoms with E-state index in [1.54, 1.807) is 12.1 Å². The lowest BCUT2D eigenvalue weighted by atomic mass is 10.2. The third kappa shape index (κ3) is 2.37. The summed E-state index contributed by atoms with van der Waals surface area (Å²) in [6.45, 7) is 0. The third-order valence-corrected chi connectivity index (χ3v) is 1.87. The molecule has 58 valence electrons. The van der Waals surface area contributed by atoms with Gasteiger partial charge in [-0.15, -0.1) is 0 Å². The van der Waals surface area contributed by atoms with E-state index in [9.17, 15) is 8.96 Å². The number of hydrogen-bond acceptors (Lipinski definition) is 1. The van der Waals surface area contributed by atoms with Crippen LogP contribution in [0, 0.1) is 5.82 Å². The molecule has 4 heteroatoms. The minimum atomic E-state index is -2.28. The van der Waals surface area contributed by atoms with Crippen molar-refractivity contribution in [2.24, 2.45) is 0 Å². The Bertz CT molecular complexity index is 275. The molecular formula is C7H7FO2P+. The first-order valence-electron chi connectivity index (χ1n) is 3.07. The largest absolute Gasteiger partial charge is 0.510 e. The minimum absolute atomic E-state index is 0.109. The topological polar surface area (TPSA) is 37.3 Å². The lowest BCUT2D eigenvalue weighted by Crippen LogP contribution is -1.84. The van der Waals surface area contributed by atoms with E-state index in [0.29, 0.717) is 0 Å². The van der Waals surface area contributed by atoms with Gasteiger partial charge in [0.15, 0.2) is 0 Å². The number of rotatable bonds is 2. The molecule has 0 bridgehead atoms. The SMILES string of the molecule is O=[P+](O)Cc1ccccc1F. The fraction of sp³-hybridized carbons (Fsp3) is 0.143. The summed E-state index contributed by atoms with van der Waals surface area (Å²) in [6, 6.07) is 5.95. The molecule has 0 aromatic heterocycles. The van der Waals surface area contributed by atoms with Gasteiger partial charge in [-0.05, 0) is 10.6 Å². The first kappa shape index (κ1) is 8.31. The van der Waals surface area contributed by atoms with E-state index in [4.69, 9.17) is 4.89 Å². The van der Waals surface area contributed by atoms with Crippen molar-refractivity contribution in [2.75, 3.05) is 0 Å². The lowest BCUT2D eigenvalue weighted by Gasteiger charge is -1.91. The molecule has 0 aliphatic heterocycles. The predicted octanol–water partition coefficient (Wildman–Crippen LogP) is 2.06. The highest BCUT2D eigenvalue weighted by molar-refractivity contribution is 7.37. The van der Waals surface area contributed by atoms with Crippen molar-refractivity contribution in [3.63, 3.8) is 0 Å². The van der Waals surface area contributed by atoms with Crippen LogP contribution in [-0.2, 0) is 10.7 Å². The average Bonchev–Trinajstić information content (AvgIpc) is 1.93. The van der Waals surface area contributed by atoms with Crippen LogP contribution in [0.3, 0.4) is 0 Å². The maximum atomic E-state index is 12.7. The number of hydrogen-bond donors (Lipinski definition) is 1. The Morgan fingerprint density at radius 2 is 2.09 bits per heavy atom. The molecule has 0 spiro atoms. The van der Waals surface area contributed by atoms with Crippen LogP contribution in [0.15, 0.2) is 24.3 Å². The van der Waals surface area contributed by atoms with E-state index in [-0.39, 0.29) is 11.7 Å². The Morgan fingerprint density at radius 1 is 1.45 bits per heavy atom. The molecule has 1 atom stereocenters. The summed E-state index contributed by atoms with van der Waals surface area (Å²) in [5.74, 6) is -0.426. The lowest BCUT2D eigenvalue weighted by molar-refractivity contribution is 0.500. The summed E-state index contributed by atoms with van der Waals surface area (Å²) in [5, 5.41) is 0. The van der Waals surface area contributed by atoms with Gasteiger partial charge in [-0.25, -0.2) is 4.39 Å². The highest BCUT2D eigenvalue weighted by Crippen LogP contribution is 2.22. The summed E-state index contributed by atoms with van der Waals surface area (Å²) < 4.78 is 23.0. The van der Waals surface area contributed by atoms with Gasteiger partial charge in [-0.1, -0.05) is 18.2 Å². The Morgan fingerprint density at radius 3 is 2.64 bits per heavy atom. The van der Waals surface area contributed by atoms with E-state index in [1.807, 2.05) is 0 Å². The fourth-order valence-corrected chi connectivity index (χ4v) is 1.32. The van der Waals surface area contributed by atoms with Crippen molar-refractivity contribution < 1.29 is 13.8 Å². The van der Waals surface area contributed by atoms with Crippen LogP contribution in [-0.4, -0.2) is 4.89 Å². The monoisotopic (exact) mass is 173 g/mol. The maximum Gasteiger partial charge on any atom is 0.510 e. The fourth-order valence-electron chi connectivity index (χ4n) is 0.772. The summed E-state index contributed by atoms with van der Waals surface area (Å²) in [4.78, 5) is 8.47. The zero-order valence-corrected chi connectivity index (χ0v) is 6.59. The predicted molar refractivity (Wildman–Crippen MR) is 39.9 cm³/mol. The molecule has 0 heterocycles. The van der Waals surface area contributed by atoms with Crippen molar-refractivity contribution in [1.82, 2.24) is 0 Å². The molecule has 1 rings (SSSR count). The minimum Gasteiger partial charge on any atom is -0.207 e. The molecule has 1 aromatic carbocycles. The van der Waals surface area contributed by atoms with Crippen molar-refractivity contribution in [3.05, 3.63) is 35.6 Å². The molecule has 0 saturated carbocycles. The van der Waals surface area contributed by atoms with Gasteiger partial charge in [0.2, 0.25) is 6.16 Å². The van der Waals surface area contributed by atoms with Crippen LogP contribution in [0.4, 0.5) is 4.39 Å². The van der Waals surface area contributed by atoms with E-state index < -0.39 is 13.8 Å². The molecule has 0 aliphatic carbocycles. The van der Waals surface area contributed by atoms with Gasteiger partial charge in [0.25, 0.3) is 0 Å². The Balaban J connectivity index is 2.86. The second-order valence-corrected chi connectivity index (χ2v) is 3.12. The van der Waals surface area contributed by atoms with Crippen LogP contribution in [0.2, 0.25) is 0 Å². The van der Waals surface area contributed by atoms with Crippen molar-refractivity contribution in [2.45, 2.75) is 6.16 Å². The van der Waals surface area contributed by atoms with Crippen LogP contribution >= 0.6 is 8.03 Å². The van der Waals surface area contributed by atoms with Gasteiger partial charge in [0.05, 0.1) is 0 Å². The first-order chi connectivity index (χ1) is 5.20. The van der Waals surface area contributed by atoms with E-state index in [0.717, 1.165) is 0 Å². The second kappa shape index (κ2) is 3.56. The van der Waals surface area contributed by atoms with Crippen LogP contribution < -0.4 is 0 Å². The van der Waals surface area contributed by atoms with E-state index in [1.165, 1.54) is 12.1 Å². The third-order valence-electron chi connectivity index (χ3n) is 1.26. The number of halogens is 1. The molecule has 0 fully saturated rings. The van der Waals surface area contributed by atoms with Crippen molar-refractivity contribution >= 4 is 8.03 Å². The molecule has 2 nitrogen and oxygen atoms in total. The molecule has 11 heavy (non-hydrogen) atoms. The Labute approximate surface area is 64.5 Å². The van der Waals surface area contributed by atoms with Crippen LogP contribution in [0.25, 0.3) is 0 Å². The van der Waals surface area contributed by atoms with E-state index in [2.05, 4.69) is 0 Å². The summed E-state index contributed by atoms with van der Waals surface area (Å²) in [6.07, 6.45) is -0.109. The highest BCUT2D eigenvalue weighted by atomic mass is 31.1. The molecule has 1 aromatic rings. The highest BCUT2D eigenvalue weighted by Gasteiger charge is 2.14. The standard InChI is InChI=1S/C7H6FO2P/c8-7-4-2-1-3-6(7)5-11(9)10/h1-4H,5H2/p+1.